The molecule has 0 radical (unpaired) electrons. The first-order valence-corrected chi connectivity index (χ1v) is 7.87. The van der Waals surface area contributed by atoms with E-state index in [9.17, 15) is 10.2 Å². The zero-order valence-corrected chi connectivity index (χ0v) is 13.8. The van der Waals surface area contributed by atoms with Gasteiger partial charge in [0, 0.05) is 12.4 Å². The second kappa shape index (κ2) is 7.45. The van der Waals surface area contributed by atoms with Gasteiger partial charge in [-0.25, -0.2) is 0 Å². The van der Waals surface area contributed by atoms with Crippen molar-refractivity contribution in [3.8, 4) is 11.5 Å². The number of benzene rings is 3. The summed E-state index contributed by atoms with van der Waals surface area (Å²) in [6.45, 7) is 2.00. The van der Waals surface area contributed by atoms with Gasteiger partial charge in [-0.1, -0.05) is 6.07 Å². The first kappa shape index (κ1) is 16.5. The molecule has 0 aliphatic rings. The molecule has 0 atom stereocenters. The molecule has 0 bridgehead atoms. The first-order chi connectivity index (χ1) is 12.1. The van der Waals surface area contributed by atoms with Gasteiger partial charge in [-0.3, -0.25) is 9.98 Å². The zero-order valence-electron chi connectivity index (χ0n) is 13.8. The molecule has 4 nitrogen and oxygen atoms in total. The van der Waals surface area contributed by atoms with E-state index in [1.807, 2.05) is 25.1 Å². The highest BCUT2D eigenvalue weighted by Gasteiger charge is 1.98. The van der Waals surface area contributed by atoms with E-state index in [4.69, 9.17) is 0 Å². The Balaban J connectivity index is 1.80. The number of aromatic hydroxyl groups is 2. The smallest absolute Gasteiger partial charge is 0.115 e. The maximum absolute atomic E-state index is 9.32. The van der Waals surface area contributed by atoms with E-state index >= 15 is 0 Å². The Kier molecular flexibility index (Phi) is 4.90. The summed E-state index contributed by atoms with van der Waals surface area (Å²) >= 11 is 0. The second-order valence-electron chi connectivity index (χ2n) is 5.67. The molecule has 0 saturated heterocycles. The molecule has 0 aliphatic carbocycles. The molecule has 25 heavy (non-hydrogen) atoms. The summed E-state index contributed by atoms with van der Waals surface area (Å²) in [6, 6.07) is 19.6. The second-order valence-corrected chi connectivity index (χ2v) is 5.67. The van der Waals surface area contributed by atoms with E-state index in [1.54, 1.807) is 61.0 Å². The highest BCUT2D eigenvalue weighted by atomic mass is 16.3. The summed E-state index contributed by atoms with van der Waals surface area (Å²) in [5.41, 5.74) is 4.52. The minimum atomic E-state index is 0.235. The Bertz CT molecular complexity index is 912. The lowest BCUT2D eigenvalue weighted by atomic mass is 10.1. The molecule has 0 fully saturated rings. The van der Waals surface area contributed by atoms with Gasteiger partial charge in [0.05, 0.1) is 11.4 Å². The van der Waals surface area contributed by atoms with Crippen molar-refractivity contribution in [3.63, 3.8) is 0 Å². The van der Waals surface area contributed by atoms with Crippen LogP contribution in [0.15, 0.2) is 76.7 Å². The van der Waals surface area contributed by atoms with E-state index in [0.717, 1.165) is 28.1 Å². The summed E-state index contributed by atoms with van der Waals surface area (Å²) in [5.74, 6) is 0.470. The van der Waals surface area contributed by atoms with Crippen LogP contribution in [0.1, 0.15) is 16.7 Å². The third-order valence-corrected chi connectivity index (χ3v) is 3.69. The highest BCUT2D eigenvalue weighted by Crippen LogP contribution is 2.25. The lowest BCUT2D eigenvalue weighted by molar-refractivity contribution is 0.475. The summed E-state index contributed by atoms with van der Waals surface area (Å²) in [4.78, 5) is 8.98. The molecule has 0 aromatic heterocycles. The average Bonchev–Trinajstić information content (AvgIpc) is 2.62. The van der Waals surface area contributed by atoms with Crippen LogP contribution in [0.5, 0.6) is 11.5 Å². The number of hydrogen-bond acceptors (Lipinski definition) is 4. The monoisotopic (exact) mass is 330 g/mol. The van der Waals surface area contributed by atoms with Crippen LogP contribution in [-0.2, 0) is 0 Å². The minimum absolute atomic E-state index is 0.235. The Morgan fingerprint density at radius 1 is 0.680 bits per heavy atom. The van der Waals surface area contributed by atoms with Crippen LogP contribution < -0.4 is 0 Å². The van der Waals surface area contributed by atoms with Gasteiger partial charge >= 0.3 is 0 Å². The van der Waals surface area contributed by atoms with E-state index in [1.165, 1.54) is 0 Å². The summed E-state index contributed by atoms with van der Waals surface area (Å²) in [7, 11) is 0. The Hall–Kier alpha value is -3.40. The Morgan fingerprint density at radius 2 is 1.20 bits per heavy atom. The third-order valence-electron chi connectivity index (χ3n) is 3.69. The van der Waals surface area contributed by atoms with Gasteiger partial charge in [-0.15, -0.1) is 0 Å². The van der Waals surface area contributed by atoms with Crippen LogP contribution in [0.4, 0.5) is 11.4 Å². The van der Waals surface area contributed by atoms with E-state index < -0.39 is 0 Å². The molecule has 4 heteroatoms. The molecule has 3 aromatic rings. The first-order valence-electron chi connectivity index (χ1n) is 7.87. The van der Waals surface area contributed by atoms with Crippen molar-refractivity contribution in [1.29, 1.82) is 0 Å². The van der Waals surface area contributed by atoms with Crippen LogP contribution in [-0.4, -0.2) is 22.6 Å². The zero-order chi connectivity index (χ0) is 17.6. The summed E-state index contributed by atoms with van der Waals surface area (Å²) in [5, 5.41) is 18.6. The van der Waals surface area contributed by atoms with E-state index in [-0.39, 0.29) is 11.5 Å². The van der Waals surface area contributed by atoms with Gasteiger partial charge in [0.1, 0.15) is 11.5 Å². The number of phenolic OH excluding ortho intramolecular Hbond substituents is 2. The molecule has 2 N–H and O–H groups in total. The van der Waals surface area contributed by atoms with Crippen LogP contribution in [0.3, 0.4) is 0 Å². The molecule has 124 valence electrons. The molecule has 0 amide bonds. The number of aliphatic imine (C=N–C) groups is 2. The molecule has 0 heterocycles. The molecule has 3 rings (SSSR count). The normalized spacial score (nSPS) is 11.4. The fraction of sp³-hybridized carbons (Fsp3) is 0.0476. The van der Waals surface area contributed by atoms with Crippen LogP contribution >= 0.6 is 0 Å². The van der Waals surface area contributed by atoms with Gasteiger partial charge in [0.25, 0.3) is 0 Å². The summed E-state index contributed by atoms with van der Waals surface area (Å²) in [6.07, 6.45) is 3.51. The molecule has 0 unspecified atom stereocenters. The fourth-order valence-corrected chi connectivity index (χ4v) is 2.23. The molecule has 3 aromatic carbocycles. The SMILES string of the molecule is Cc1ccc(N=Cc2ccc(O)cc2)cc1N=Cc1ccc(O)cc1. The number of rotatable bonds is 4. The van der Waals surface area contributed by atoms with Crippen LogP contribution in [0.2, 0.25) is 0 Å². The van der Waals surface area contributed by atoms with Crippen LogP contribution in [0.25, 0.3) is 0 Å². The third kappa shape index (κ3) is 4.54. The van der Waals surface area contributed by atoms with Crippen molar-refractivity contribution in [2.45, 2.75) is 6.92 Å². The largest absolute Gasteiger partial charge is 0.508 e. The van der Waals surface area contributed by atoms with Crippen molar-refractivity contribution in [1.82, 2.24) is 0 Å². The maximum atomic E-state index is 9.32. The van der Waals surface area contributed by atoms with Gasteiger partial charge in [-0.2, -0.15) is 0 Å². The highest BCUT2D eigenvalue weighted by molar-refractivity contribution is 5.84. The average molecular weight is 330 g/mol. The lowest BCUT2D eigenvalue weighted by Crippen LogP contribution is -1.82. The molecule has 0 spiro atoms. The molecular formula is C21H18N2O2. The number of hydrogen-bond donors (Lipinski definition) is 2. The van der Waals surface area contributed by atoms with Crippen molar-refractivity contribution in [2.75, 3.05) is 0 Å². The number of phenols is 2. The minimum Gasteiger partial charge on any atom is -0.508 e. The van der Waals surface area contributed by atoms with Gasteiger partial charge < -0.3 is 10.2 Å². The molecule has 0 saturated carbocycles. The Labute approximate surface area is 146 Å². The predicted molar refractivity (Wildman–Crippen MR) is 102 cm³/mol. The van der Waals surface area contributed by atoms with E-state index in [2.05, 4.69) is 9.98 Å². The summed E-state index contributed by atoms with van der Waals surface area (Å²) < 4.78 is 0. The maximum Gasteiger partial charge on any atom is 0.115 e. The van der Waals surface area contributed by atoms with Gasteiger partial charge in [-0.05, 0) is 84.3 Å². The van der Waals surface area contributed by atoms with Crippen molar-refractivity contribution in [2.24, 2.45) is 9.98 Å². The van der Waals surface area contributed by atoms with Gasteiger partial charge in [0.2, 0.25) is 0 Å². The lowest BCUT2D eigenvalue weighted by Gasteiger charge is -2.02. The molecular weight excluding hydrogens is 312 g/mol. The van der Waals surface area contributed by atoms with Crippen molar-refractivity contribution < 1.29 is 10.2 Å². The van der Waals surface area contributed by atoms with E-state index in [0.29, 0.717) is 0 Å². The standard InChI is InChI=1S/C21H18N2O2/c1-15-2-7-18(22-13-16-3-8-19(24)9-4-16)12-21(15)23-14-17-5-10-20(25)11-6-17/h2-14,24-25H,1H3. The van der Waals surface area contributed by atoms with Crippen molar-refractivity contribution >= 4 is 23.8 Å². The topological polar surface area (TPSA) is 65.2 Å². The number of nitrogens with zero attached hydrogens (tertiary/aromatic N) is 2. The van der Waals surface area contributed by atoms with Crippen molar-refractivity contribution in [3.05, 3.63) is 83.4 Å². The van der Waals surface area contributed by atoms with Crippen LogP contribution in [0, 0.1) is 6.92 Å². The number of aryl methyl sites for hydroxylation is 1. The Morgan fingerprint density at radius 3 is 1.76 bits per heavy atom. The predicted octanol–water partition coefficient (Wildman–Crippen LogP) is 4.91. The van der Waals surface area contributed by atoms with Gasteiger partial charge in [0.15, 0.2) is 0 Å². The molecule has 0 aliphatic heterocycles. The quantitative estimate of drug-likeness (QED) is 0.668. The fourth-order valence-electron chi connectivity index (χ4n) is 2.23.